The number of aryl methyl sites for hydroxylation is 3. The summed E-state index contributed by atoms with van der Waals surface area (Å²) in [6.07, 6.45) is 0. The molecule has 0 unspecified atom stereocenters. The molecule has 2 aromatic carbocycles. The number of para-hydroxylation sites is 1. The minimum atomic E-state index is -3.88. The van der Waals surface area contributed by atoms with Gasteiger partial charge in [0.25, 0.3) is 15.9 Å². The second-order valence-corrected chi connectivity index (χ2v) is 9.26. The number of carbonyl (C=O) groups excluding carboxylic acids is 1. The summed E-state index contributed by atoms with van der Waals surface area (Å²) < 4.78 is 33.0. The largest absolute Gasteiger partial charge is 0.496 e. The molecule has 1 amide bonds. The molecule has 11 heteroatoms. The Balaban J connectivity index is 1.67. The molecule has 172 valence electrons. The van der Waals surface area contributed by atoms with Crippen LogP contribution in [0.5, 0.6) is 5.75 Å². The summed E-state index contributed by atoms with van der Waals surface area (Å²) in [7, 11) is -2.39. The van der Waals surface area contributed by atoms with Crippen molar-refractivity contribution >= 4 is 44.9 Å². The van der Waals surface area contributed by atoms with Crippen molar-refractivity contribution in [3.05, 3.63) is 71.0 Å². The van der Waals surface area contributed by atoms with E-state index >= 15 is 0 Å². The SMILES string of the molecule is COc1c(C)cccc1C(=O)NC(=S)Nc1ccc(S(=O)(=O)Nc2nc(C)cc(C)n2)cc1. The predicted octanol–water partition coefficient (Wildman–Crippen LogP) is 3.34. The number of thiocarbonyl (C=S) groups is 1. The first-order valence-corrected chi connectivity index (χ1v) is 11.7. The smallest absolute Gasteiger partial charge is 0.264 e. The van der Waals surface area contributed by atoms with E-state index in [2.05, 4.69) is 25.3 Å². The van der Waals surface area contributed by atoms with Crippen LogP contribution in [0, 0.1) is 20.8 Å². The lowest BCUT2D eigenvalue weighted by Gasteiger charge is -2.13. The highest BCUT2D eigenvalue weighted by molar-refractivity contribution is 7.92. The minimum Gasteiger partial charge on any atom is -0.496 e. The lowest BCUT2D eigenvalue weighted by atomic mass is 10.1. The van der Waals surface area contributed by atoms with Crippen molar-refractivity contribution in [1.82, 2.24) is 15.3 Å². The zero-order valence-corrected chi connectivity index (χ0v) is 20.1. The quantitative estimate of drug-likeness (QED) is 0.455. The first kappa shape index (κ1) is 24.1. The van der Waals surface area contributed by atoms with Gasteiger partial charge in [-0.15, -0.1) is 0 Å². The minimum absolute atomic E-state index is 0.00479. The van der Waals surface area contributed by atoms with Crippen molar-refractivity contribution in [2.24, 2.45) is 0 Å². The van der Waals surface area contributed by atoms with Gasteiger partial charge in [-0.1, -0.05) is 12.1 Å². The Kier molecular flexibility index (Phi) is 7.24. The maximum atomic E-state index is 12.6. The summed E-state index contributed by atoms with van der Waals surface area (Å²) >= 11 is 5.21. The van der Waals surface area contributed by atoms with Gasteiger partial charge in [0.1, 0.15) is 5.75 Å². The number of aromatic nitrogens is 2. The Morgan fingerprint density at radius 2 is 1.64 bits per heavy atom. The number of amides is 1. The van der Waals surface area contributed by atoms with E-state index in [4.69, 9.17) is 17.0 Å². The van der Waals surface area contributed by atoms with Gasteiger partial charge in [-0.3, -0.25) is 10.1 Å². The van der Waals surface area contributed by atoms with Crippen molar-refractivity contribution < 1.29 is 17.9 Å². The first-order valence-electron chi connectivity index (χ1n) is 9.80. The third-order valence-corrected chi connectivity index (χ3v) is 6.07. The molecule has 0 saturated carbocycles. The maximum absolute atomic E-state index is 12.6. The highest BCUT2D eigenvalue weighted by Gasteiger charge is 2.17. The van der Waals surface area contributed by atoms with Crippen molar-refractivity contribution in [3.63, 3.8) is 0 Å². The molecule has 0 saturated heterocycles. The average Bonchev–Trinajstić information content (AvgIpc) is 2.72. The van der Waals surface area contributed by atoms with Crippen LogP contribution < -0.4 is 20.1 Å². The molecule has 3 N–H and O–H groups in total. The third-order valence-electron chi connectivity index (χ3n) is 4.52. The highest BCUT2D eigenvalue weighted by atomic mass is 32.2. The topological polar surface area (TPSA) is 122 Å². The molecule has 0 aliphatic rings. The van der Waals surface area contributed by atoms with Crippen molar-refractivity contribution in [3.8, 4) is 5.75 Å². The number of nitrogens with one attached hydrogen (secondary N) is 3. The van der Waals surface area contributed by atoms with Gasteiger partial charge in [-0.05, 0) is 75.0 Å². The molecule has 0 radical (unpaired) electrons. The van der Waals surface area contributed by atoms with Gasteiger partial charge < -0.3 is 10.1 Å². The van der Waals surface area contributed by atoms with Gasteiger partial charge in [-0.2, -0.15) is 0 Å². The number of sulfonamides is 1. The molecule has 0 aliphatic carbocycles. The average molecular weight is 486 g/mol. The van der Waals surface area contributed by atoms with Crippen molar-refractivity contribution in [1.29, 1.82) is 0 Å². The zero-order chi connectivity index (χ0) is 24.2. The van der Waals surface area contributed by atoms with E-state index < -0.39 is 15.9 Å². The molecule has 0 atom stereocenters. The molecule has 0 fully saturated rings. The standard InChI is InChI=1S/C22H23N5O4S2/c1-13-6-5-7-18(19(13)31-4)20(28)26-22(32)25-16-8-10-17(11-9-16)33(29,30)27-21-23-14(2)12-15(3)24-21/h5-12H,1-4H3,(H,23,24,27)(H2,25,26,28,32). The van der Waals surface area contributed by atoms with Gasteiger partial charge in [0, 0.05) is 17.1 Å². The molecular formula is C22H23N5O4S2. The number of rotatable bonds is 6. The fourth-order valence-corrected chi connectivity index (χ4v) is 4.26. The van der Waals surface area contributed by atoms with Crippen LogP contribution in [-0.4, -0.2) is 36.5 Å². The lowest BCUT2D eigenvalue weighted by molar-refractivity contribution is 0.0974. The Bertz CT molecular complexity index is 1290. The summed E-state index contributed by atoms with van der Waals surface area (Å²) in [4.78, 5) is 20.8. The summed E-state index contributed by atoms with van der Waals surface area (Å²) in [6, 6.07) is 12.8. The molecule has 33 heavy (non-hydrogen) atoms. The van der Waals surface area contributed by atoms with Crippen LogP contribution >= 0.6 is 12.2 Å². The van der Waals surface area contributed by atoms with E-state index in [1.807, 2.05) is 13.0 Å². The van der Waals surface area contributed by atoms with Crippen LogP contribution in [0.1, 0.15) is 27.3 Å². The molecule has 0 bridgehead atoms. The number of carbonyl (C=O) groups is 1. The van der Waals surface area contributed by atoms with E-state index in [-0.39, 0.29) is 16.0 Å². The number of methoxy groups -OCH3 is 1. The molecule has 3 rings (SSSR count). The normalized spacial score (nSPS) is 10.9. The van der Waals surface area contributed by atoms with E-state index in [1.165, 1.54) is 31.4 Å². The van der Waals surface area contributed by atoms with E-state index in [9.17, 15) is 13.2 Å². The Labute approximate surface area is 197 Å². The third kappa shape index (κ3) is 6.02. The fourth-order valence-electron chi connectivity index (χ4n) is 3.10. The Morgan fingerprint density at radius 1 is 1.00 bits per heavy atom. The molecular weight excluding hydrogens is 462 g/mol. The number of hydrogen-bond donors (Lipinski definition) is 3. The number of anilines is 2. The van der Waals surface area contributed by atoms with Crippen LogP contribution in [-0.2, 0) is 10.0 Å². The second kappa shape index (κ2) is 9.92. The van der Waals surface area contributed by atoms with Gasteiger partial charge in [-0.25, -0.2) is 23.1 Å². The predicted molar refractivity (Wildman–Crippen MR) is 130 cm³/mol. The number of nitrogens with zero attached hydrogens (tertiary/aromatic N) is 2. The number of benzene rings is 2. The number of hydrogen-bond acceptors (Lipinski definition) is 7. The molecule has 0 aliphatic heterocycles. The second-order valence-electron chi connectivity index (χ2n) is 7.17. The van der Waals surface area contributed by atoms with Crippen LogP contribution in [0.2, 0.25) is 0 Å². The molecule has 9 nitrogen and oxygen atoms in total. The summed E-state index contributed by atoms with van der Waals surface area (Å²) in [5.41, 5.74) is 2.97. The Morgan fingerprint density at radius 3 is 2.24 bits per heavy atom. The van der Waals surface area contributed by atoms with E-state index in [0.717, 1.165) is 5.56 Å². The van der Waals surface area contributed by atoms with Crippen molar-refractivity contribution in [2.45, 2.75) is 25.7 Å². The number of ether oxygens (including phenoxy) is 1. The molecule has 1 aromatic heterocycles. The molecule has 3 aromatic rings. The first-order chi connectivity index (χ1) is 15.6. The summed E-state index contributed by atoms with van der Waals surface area (Å²) in [5, 5.41) is 5.50. The Hall–Kier alpha value is -3.57. The van der Waals surface area contributed by atoms with Gasteiger partial charge >= 0.3 is 0 Å². The van der Waals surface area contributed by atoms with Crippen LogP contribution in [0.3, 0.4) is 0 Å². The monoisotopic (exact) mass is 485 g/mol. The zero-order valence-electron chi connectivity index (χ0n) is 18.5. The molecule has 0 spiro atoms. The van der Waals surface area contributed by atoms with Gasteiger partial charge in [0.15, 0.2) is 5.11 Å². The van der Waals surface area contributed by atoms with Gasteiger partial charge in [0.05, 0.1) is 17.6 Å². The highest BCUT2D eigenvalue weighted by Crippen LogP contribution is 2.23. The van der Waals surface area contributed by atoms with E-state index in [0.29, 0.717) is 28.4 Å². The van der Waals surface area contributed by atoms with Crippen LogP contribution in [0.15, 0.2) is 53.4 Å². The summed E-state index contributed by atoms with van der Waals surface area (Å²) in [6.45, 7) is 5.34. The molecule has 1 heterocycles. The van der Waals surface area contributed by atoms with Gasteiger partial charge in [0.2, 0.25) is 5.95 Å². The fraction of sp³-hybridized carbons (Fsp3) is 0.182. The van der Waals surface area contributed by atoms with Crippen LogP contribution in [0.25, 0.3) is 0 Å². The lowest BCUT2D eigenvalue weighted by Crippen LogP contribution is -2.34. The maximum Gasteiger partial charge on any atom is 0.264 e. The summed E-state index contributed by atoms with van der Waals surface area (Å²) in [5.74, 6) is 0.0442. The van der Waals surface area contributed by atoms with E-state index in [1.54, 1.807) is 32.0 Å². The van der Waals surface area contributed by atoms with Crippen LogP contribution in [0.4, 0.5) is 11.6 Å². The van der Waals surface area contributed by atoms with Crippen molar-refractivity contribution in [2.75, 3.05) is 17.1 Å².